The van der Waals surface area contributed by atoms with Crippen LogP contribution in [0, 0.1) is 35.5 Å². The normalized spacial score (nSPS) is 34.3. The molecular weight excluding hydrogens is 424 g/mol. The number of hydrogen-bond donors (Lipinski definition) is 0. The van der Waals surface area contributed by atoms with Gasteiger partial charge in [0.2, 0.25) is 0 Å². The highest BCUT2D eigenvalue weighted by atomic mass is 16.5. The summed E-state index contributed by atoms with van der Waals surface area (Å²) in [7, 11) is 0. The van der Waals surface area contributed by atoms with Gasteiger partial charge in [0.15, 0.2) is 0 Å². The standard InChI is InChI=1S/C34H58O/c1-27-9-17-31(18-10-27)33-21-13-29(14-22-33)7-3-5-25-35-26-6-4-8-30-15-23-34(24-16-30)32-19-11-28(2)12-20-32/h13,15,27-28,31-34H,3-12,14,16-26H2,1-2H3. The van der Waals surface area contributed by atoms with Crippen molar-refractivity contribution >= 4 is 0 Å². The summed E-state index contributed by atoms with van der Waals surface area (Å²) >= 11 is 0. The molecule has 0 aliphatic heterocycles. The third-order valence-electron chi connectivity index (χ3n) is 10.6. The Morgan fingerprint density at radius 1 is 0.543 bits per heavy atom. The average molecular weight is 483 g/mol. The summed E-state index contributed by atoms with van der Waals surface area (Å²) in [5.41, 5.74) is 3.51. The van der Waals surface area contributed by atoms with E-state index in [1.54, 1.807) is 11.1 Å². The van der Waals surface area contributed by atoms with Gasteiger partial charge >= 0.3 is 0 Å². The van der Waals surface area contributed by atoms with Gasteiger partial charge < -0.3 is 4.74 Å². The molecule has 2 fully saturated rings. The van der Waals surface area contributed by atoms with E-state index in [2.05, 4.69) is 26.0 Å². The minimum Gasteiger partial charge on any atom is -0.381 e. The van der Waals surface area contributed by atoms with Gasteiger partial charge in [-0.3, -0.25) is 0 Å². The first-order valence-electron chi connectivity index (χ1n) is 16.1. The molecule has 0 amide bonds. The van der Waals surface area contributed by atoms with E-state index < -0.39 is 0 Å². The predicted molar refractivity (Wildman–Crippen MR) is 152 cm³/mol. The molecule has 4 aliphatic carbocycles. The Morgan fingerprint density at radius 3 is 1.34 bits per heavy atom. The van der Waals surface area contributed by atoms with E-state index in [-0.39, 0.29) is 0 Å². The van der Waals surface area contributed by atoms with Gasteiger partial charge in [0.25, 0.3) is 0 Å². The van der Waals surface area contributed by atoms with Crippen molar-refractivity contribution in [1.29, 1.82) is 0 Å². The first kappa shape index (κ1) is 27.5. The molecule has 0 radical (unpaired) electrons. The number of unbranched alkanes of at least 4 members (excludes halogenated alkanes) is 2. The van der Waals surface area contributed by atoms with Crippen LogP contribution in [0.15, 0.2) is 23.3 Å². The summed E-state index contributed by atoms with van der Waals surface area (Å²) in [5.74, 6) is 6.05. The maximum absolute atomic E-state index is 5.98. The molecule has 1 heteroatoms. The highest BCUT2D eigenvalue weighted by Gasteiger charge is 2.28. The van der Waals surface area contributed by atoms with Crippen LogP contribution in [0.1, 0.15) is 142 Å². The molecule has 0 N–H and O–H groups in total. The van der Waals surface area contributed by atoms with Crippen LogP contribution in [0.25, 0.3) is 0 Å². The summed E-state index contributed by atoms with van der Waals surface area (Å²) in [4.78, 5) is 0. The monoisotopic (exact) mass is 482 g/mol. The van der Waals surface area contributed by atoms with Crippen molar-refractivity contribution in [3.63, 3.8) is 0 Å². The molecule has 2 atom stereocenters. The largest absolute Gasteiger partial charge is 0.381 e. The molecule has 4 aliphatic rings. The molecular formula is C34H58O. The highest BCUT2D eigenvalue weighted by molar-refractivity contribution is 5.08. The minimum atomic E-state index is 0.973. The Balaban J connectivity index is 0.962. The number of allylic oxidation sites excluding steroid dienone is 4. The first-order chi connectivity index (χ1) is 17.2. The van der Waals surface area contributed by atoms with Gasteiger partial charge in [0.05, 0.1) is 0 Å². The summed E-state index contributed by atoms with van der Waals surface area (Å²) in [5, 5.41) is 0. The van der Waals surface area contributed by atoms with Crippen LogP contribution < -0.4 is 0 Å². The lowest BCUT2D eigenvalue weighted by Gasteiger charge is -2.34. The molecule has 0 aromatic rings. The predicted octanol–water partition coefficient (Wildman–Crippen LogP) is 10.4. The summed E-state index contributed by atoms with van der Waals surface area (Å²) < 4.78 is 5.98. The van der Waals surface area contributed by atoms with Crippen molar-refractivity contribution in [2.75, 3.05) is 13.2 Å². The molecule has 2 unspecified atom stereocenters. The summed E-state index contributed by atoms with van der Waals surface area (Å²) in [6.07, 6.45) is 33.5. The van der Waals surface area contributed by atoms with Crippen molar-refractivity contribution in [1.82, 2.24) is 0 Å². The Hall–Kier alpha value is -0.560. The van der Waals surface area contributed by atoms with Crippen LogP contribution in [0.4, 0.5) is 0 Å². The molecule has 0 bridgehead atoms. The van der Waals surface area contributed by atoms with E-state index in [0.29, 0.717) is 0 Å². The quantitative estimate of drug-likeness (QED) is 0.198. The molecule has 0 spiro atoms. The molecule has 4 rings (SSSR count). The lowest BCUT2D eigenvalue weighted by molar-refractivity contribution is 0.126. The lowest BCUT2D eigenvalue weighted by Crippen LogP contribution is -2.22. The second kappa shape index (κ2) is 15.0. The van der Waals surface area contributed by atoms with E-state index in [0.717, 1.165) is 48.7 Å². The topological polar surface area (TPSA) is 9.23 Å². The lowest BCUT2D eigenvalue weighted by atomic mass is 9.71. The van der Waals surface area contributed by atoms with Crippen LogP contribution in [0.5, 0.6) is 0 Å². The zero-order chi connectivity index (χ0) is 24.3. The Labute approximate surface area is 218 Å². The van der Waals surface area contributed by atoms with Gasteiger partial charge in [-0.1, -0.05) is 62.8 Å². The van der Waals surface area contributed by atoms with Gasteiger partial charge in [-0.15, -0.1) is 0 Å². The van der Waals surface area contributed by atoms with E-state index in [1.165, 1.54) is 128 Å². The van der Waals surface area contributed by atoms with Crippen LogP contribution >= 0.6 is 0 Å². The fraction of sp³-hybridized carbons (Fsp3) is 0.882. The third-order valence-corrected chi connectivity index (χ3v) is 10.6. The smallest absolute Gasteiger partial charge is 0.0466 e. The van der Waals surface area contributed by atoms with Gasteiger partial charge in [0.1, 0.15) is 0 Å². The molecule has 0 aromatic carbocycles. The fourth-order valence-electron chi connectivity index (χ4n) is 7.86. The maximum atomic E-state index is 5.98. The summed E-state index contributed by atoms with van der Waals surface area (Å²) in [6.45, 7) is 6.83. The van der Waals surface area contributed by atoms with Crippen molar-refractivity contribution < 1.29 is 4.74 Å². The zero-order valence-electron chi connectivity index (χ0n) is 23.6. The number of rotatable bonds is 12. The van der Waals surface area contributed by atoms with E-state index in [1.807, 2.05) is 0 Å². The van der Waals surface area contributed by atoms with Crippen molar-refractivity contribution in [2.24, 2.45) is 35.5 Å². The van der Waals surface area contributed by atoms with Crippen molar-refractivity contribution in [2.45, 2.75) is 142 Å². The molecule has 0 aromatic heterocycles. The van der Waals surface area contributed by atoms with Crippen LogP contribution in [-0.2, 0) is 4.74 Å². The van der Waals surface area contributed by atoms with Crippen LogP contribution in [0.2, 0.25) is 0 Å². The van der Waals surface area contributed by atoms with Gasteiger partial charge in [-0.25, -0.2) is 0 Å². The average Bonchev–Trinajstić information content (AvgIpc) is 2.89. The van der Waals surface area contributed by atoms with E-state index in [4.69, 9.17) is 4.74 Å². The van der Waals surface area contributed by atoms with Gasteiger partial charge in [-0.05, 0) is 138 Å². The number of hydrogen-bond acceptors (Lipinski definition) is 1. The highest BCUT2D eigenvalue weighted by Crippen LogP contribution is 2.41. The maximum Gasteiger partial charge on any atom is 0.0466 e. The van der Waals surface area contributed by atoms with Gasteiger partial charge in [-0.2, -0.15) is 0 Å². The molecule has 0 saturated heterocycles. The second-order valence-electron chi connectivity index (χ2n) is 13.4. The molecule has 1 nitrogen and oxygen atoms in total. The summed E-state index contributed by atoms with van der Waals surface area (Å²) in [6, 6.07) is 0. The molecule has 35 heavy (non-hydrogen) atoms. The SMILES string of the molecule is CC1CCC(C2CC=C(CCCCOCCCCC3=CCC(C4CCC(C)CC4)CC3)CC2)CC1. The first-order valence-corrected chi connectivity index (χ1v) is 16.1. The molecule has 200 valence electrons. The number of ether oxygens (including phenoxy) is 1. The van der Waals surface area contributed by atoms with Crippen molar-refractivity contribution in [3.8, 4) is 0 Å². The van der Waals surface area contributed by atoms with Crippen LogP contribution in [-0.4, -0.2) is 13.2 Å². The minimum absolute atomic E-state index is 0.973. The Morgan fingerprint density at radius 2 is 0.971 bits per heavy atom. The van der Waals surface area contributed by atoms with Gasteiger partial charge in [0, 0.05) is 13.2 Å². The second-order valence-corrected chi connectivity index (χ2v) is 13.4. The zero-order valence-corrected chi connectivity index (χ0v) is 23.6. The Kier molecular flexibility index (Phi) is 11.8. The molecule has 0 heterocycles. The van der Waals surface area contributed by atoms with Crippen LogP contribution in [0.3, 0.4) is 0 Å². The molecule has 2 saturated carbocycles. The third kappa shape index (κ3) is 9.36. The fourth-order valence-corrected chi connectivity index (χ4v) is 7.86. The van der Waals surface area contributed by atoms with E-state index in [9.17, 15) is 0 Å². The van der Waals surface area contributed by atoms with E-state index >= 15 is 0 Å². The van der Waals surface area contributed by atoms with Crippen molar-refractivity contribution in [3.05, 3.63) is 23.3 Å². The Bertz CT molecular complexity index is 588.